The number of nitrogens with one attached hydrogen (secondary N) is 1. The second-order valence-corrected chi connectivity index (χ2v) is 7.13. The minimum atomic E-state index is 0.495. The maximum atomic E-state index is 3.52. The molecule has 3 rings (SSSR count). The summed E-state index contributed by atoms with van der Waals surface area (Å²) in [5.74, 6) is 0. The van der Waals surface area contributed by atoms with Crippen LogP contribution in [0.25, 0.3) is 0 Å². The molecule has 1 unspecified atom stereocenters. The molecule has 21 heavy (non-hydrogen) atoms. The first-order valence-corrected chi connectivity index (χ1v) is 8.43. The van der Waals surface area contributed by atoms with Gasteiger partial charge in [-0.2, -0.15) is 0 Å². The van der Waals surface area contributed by atoms with Gasteiger partial charge in [0.25, 0.3) is 0 Å². The second kappa shape index (κ2) is 6.91. The lowest BCUT2D eigenvalue weighted by Gasteiger charge is -2.31. The Kier molecular flexibility index (Phi) is 4.94. The van der Waals surface area contributed by atoms with Crippen LogP contribution in [0.2, 0.25) is 0 Å². The van der Waals surface area contributed by atoms with Gasteiger partial charge in [0.1, 0.15) is 0 Å². The topological polar surface area (TPSA) is 18.5 Å². The molecular weight excluding hydrogens is 258 g/mol. The minimum absolute atomic E-state index is 0.495. The summed E-state index contributed by atoms with van der Waals surface area (Å²) in [5.41, 5.74) is 1.94. The molecule has 1 N–H and O–H groups in total. The molecule has 0 amide bonds. The molecule has 0 bridgehead atoms. The first-order chi connectivity index (χ1) is 10.2. The summed E-state index contributed by atoms with van der Waals surface area (Å²) in [7, 11) is 0. The number of benzene rings is 1. The molecule has 3 heteroatoms. The van der Waals surface area contributed by atoms with E-state index in [4.69, 9.17) is 0 Å². The summed E-state index contributed by atoms with van der Waals surface area (Å²) in [6.45, 7) is 12.1. The molecule has 2 fully saturated rings. The fourth-order valence-electron chi connectivity index (χ4n) is 3.73. The van der Waals surface area contributed by atoms with Gasteiger partial charge < -0.3 is 10.2 Å². The van der Waals surface area contributed by atoms with Crippen molar-refractivity contribution >= 4 is 0 Å². The molecule has 0 aliphatic carbocycles. The van der Waals surface area contributed by atoms with E-state index in [1.54, 1.807) is 0 Å². The smallest absolute Gasteiger partial charge is 0.0234 e. The van der Waals surface area contributed by atoms with E-state index in [2.05, 4.69) is 52.4 Å². The molecule has 1 aromatic carbocycles. The maximum absolute atomic E-state index is 3.52. The molecule has 2 saturated heterocycles. The molecule has 116 valence electrons. The molecule has 3 nitrogen and oxygen atoms in total. The maximum Gasteiger partial charge on any atom is 0.0234 e. The summed E-state index contributed by atoms with van der Waals surface area (Å²) >= 11 is 0. The Labute approximate surface area is 129 Å². The van der Waals surface area contributed by atoms with Gasteiger partial charge in [0.2, 0.25) is 0 Å². The Morgan fingerprint density at radius 2 is 1.81 bits per heavy atom. The third-order valence-electron chi connectivity index (χ3n) is 4.99. The highest BCUT2D eigenvalue weighted by atomic mass is 15.2. The van der Waals surface area contributed by atoms with Gasteiger partial charge in [-0.05, 0) is 43.5 Å². The average Bonchev–Trinajstić information content (AvgIpc) is 2.80. The zero-order valence-electron chi connectivity index (χ0n) is 13.4. The normalized spacial score (nSPS) is 28.6. The third kappa shape index (κ3) is 4.29. The van der Waals surface area contributed by atoms with Gasteiger partial charge in [-0.1, -0.05) is 37.3 Å². The van der Waals surface area contributed by atoms with E-state index in [-0.39, 0.29) is 0 Å². The van der Waals surface area contributed by atoms with Crippen molar-refractivity contribution < 1.29 is 0 Å². The van der Waals surface area contributed by atoms with Gasteiger partial charge in [0.05, 0.1) is 0 Å². The van der Waals surface area contributed by atoms with Crippen molar-refractivity contribution in [2.45, 2.75) is 26.3 Å². The fourth-order valence-corrected chi connectivity index (χ4v) is 3.73. The number of rotatable bonds is 4. The van der Waals surface area contributed by atoms with Crippen LogP contribution in [0, 0.1) is 5.41 Å². The lowest BCUT2D eigenvalue weighted by Crippen LogP contribution is -2.39. The first-order valence-electron chi connectivity index (χ1n) is 8.43. The first kappa shape index (κ1) is 15.0. The molecule has 0 saturated carbocycles. The Morgan fingerprint density at radius 3 is 2.57 bits per heavy atom. The van der Waals surface area contributed by atoms with Crippen LogP contribution in [0.5, 0.6) is 0 Å². The molecule has 1 aromatic rings. The monoisotopic (exact) mass is 287 g/mol. The summed E-state index contributed by atoms with van der Waals surface area (Å²) in [5, 5.41) is 3.52. The van der Waals surface area contributed by atoms with Crippen LogP contribution in [-0.2, 0) is 6.54 Å². The zero-order chi connectivity index (χ0) is 14.5. The van der Waals surface area contributed by atoms with Crippen LogP contribution in [0.15, 0.2) is 30.3 Å². The van der Waals surface area contributed by atoms with E-state index in [0.717, 1.165) is 6.54 Å². The van der Waals surface area contributed by atoms with Crippen LogP contribution in [0.3, 0.4) is 0 Å². The lowest BCUT2D eigenvalue weighted by atomic mass is 9.89. The van der Waals surface area contributed by atoms with Crippen LogP contribution in [-0.4, -0.2) is 55.6 Å². The SMILES string of the molecule is CC1(CN2CCCN(Cc3ccccc3)CC2)CCNC1. The van der Waals surface area contributed by atoms with Crippen LogP contribution in [0.4, 0.5) is 0 Å². The van der Waals surface area contributed by atoms with Crippen molar-refractivity contribution in [1.29, 1.82) is 0 Å². The minimum Gasteiger partial charge on any atom is -0.316 e. The van der Waals surface area contributed by atoms with Crippen molar-refractivity contribution in [3.05, 3.63) is 35.9 Å². The largest absolute Gasteiger partial charge is 0.316 e. The highest BCUT2D eigenvalue weighted by Crippen LogP contribution is 2.26. The molecule has 0 radical (unpaired) electrons. The van der Waals surface area contributed by atoms with Crippen molar-refractivity contribution in [3.8, 4) is 0 Å². The summed E-state index contributed by atoms with van der Waals surface area (Å²) in [4.78, 5) is 5.31. The lowest BCUT2D eigenvalue weighted by molar-refractivity contribution is 0.178. The van der Waals surface area contributed by atoms with Crippen LogP contribution < -0.4 is 5.32 Å². The average molecular weight is 287 g/mol. The number of nitrogens with zero attached hydrogens (tertiary/aromatic N) is 2. The molecule has 0 spiro atoms. The van der Waals surface area contributed by atoms with Crippen LogP contribution >= 0.6 is 0 Å². The van der Waals surface area contributed by atoms with E-state index in [0.29, 0.717) is 5.41 Å². The van der Waals surface area contributed by atoms with Crippen molar-refractivity contribution in [2.24, 2.45) is 5.41 Å². The zero-order valence-corrected chi connectivity index (χ0v) is 13.4. The van der Waals surface area contributed by atoms with Gasteiger partial charge in [-0.15, -0.1) is 0 Å². The summed E-state index contributed by atoms with van der Waals surface area (Å²) in [6.07, 6.45) is 2.63. The molecular formula is C18H29N3. The highest BCUT2D eigenvalue weighted by Gasteiger charge is 2.31. The summed E-state index contributed by atoms with van der Waals surface area (Å²) in [6, 6.07) is 10.9. The predicted molar refractivity (Wildman–Crippen MR) is 88.4 cm³/mol. The number of hydrogen-bond donors (Lipinski definition) is 1. The quantitative estimate of drug-likeness (QED) is 0.916. The molecule has 1 atom stereocenters. The second-order valence-electron chi connectivity index (χ2n) is 7.13. The third-order valence-corrected chi connectivity index (χ3v) is 4.99. The van der Waals surface area contributed by atoms with E-state index >= 15 is 0 Å². The highest BCUT2D eigenvalue weighted by molar-refractivity contribution is 5.14. The Morgan fingerprint density at radius 1 is 1.05 bits per heavy atom. The van der Waals surface area contributed by atoms with Gasteiger partial charge in [-0.3, -0.25) is 4.90 Å². The number of hydrogen-bond acceptors (Lipinski definition) is 3. The van der Waals surface area contributed by atoms with Crippen molar-refractivity contribution in [2.75, 3.05) is 45.8 Å². The van der Waals surface area contributed by atoms with Crippen molar-refractivity contribution in [3.63, 3.8) is 0 Å². The standard InChI is InChI=1S/C18H29N3/c1-18(8-9-19-15-18)16-21-11-5-10-20(12-13-21)14-17-6-3-2-4-7-17/h2-4,6-7,19H,5,8-16H2,1H3. The molecule has 2 heterocycles. The molecule has 2 aliphatic rings. The predicted octanol–water partition coefficient (Wildman–Crippen LogP) is 2.19. The molecule has 0 aromatic heterocycles. The fraction of sp³-hybridized carbons (Fsp3) is 0.667. The Balaban J connectivity index is 1.50. The van der Waals surface area contributed by atoms with Gasteiger partial charge in [-0.25, -0.2) is 0 Å². The Hall–Kier alpha value is -0.900. The summed E-state index contributed by atoms with van der Waals surface area (Å²) < 4.78 is 0. The van der Waals surface area contributed by atoms with Gasteiger partial charge in [0, 0.05) is 32.7 Å². The van der Waals surface area contributed by atoms with Crippen LogP contribution in [0.1, 0.15) is 25.3 Å². The van der Waals surface area contributed by atoms with E-state index in [1.165, 1.54) is 64.2 Å². The Bertz CT molecular complexity index is 425. The van der Waals surface area contributed by atoms with Crippen molar-refractivity contribution in [1.82, 2.24) is 15.1 Å². The van der Waals surface area contributed by atoms with Gasteiger partial charge in [0.15, 0.2) is 0 Å². The van der Waals surface area contributed by atoms with E-state index < -0.39 is 0 Å². The van der Waals surface area contributed by atoms with E-state index in [9.17, 15) is 0 Å². The van der Waals surface area contributed by atoms with E-state index in [1.807, 2.05) is 0 Å². The molecule has 2 aliphatic heterocycles. The van der Waals surface area contributed by atoms with Gasteiger partial charge >= 0.3 is 0 Å².